The SMILES string of the molecule is Cl.Cl.c1csc(CN2CC3CNCC3C2)c1. The van der Waals surface area contributed by atoms with Crippen LogP contribution in [0.25, 0.3) is 0 Å². The highest BCUT2D eigenvalue weighted by Gasteiger charge is 2.35. The van der Waals surface area contributed by atoms with Gasteiger partial charge in [0.2, 0.25) is 0 Å². The standard InChI is InChI=1S/C11H16N2S.2ClH/c1-2-11(14-3-1)8-13-6-9-4-12-5-10(9)7-13;;/h1-3,9-10,12H,4-8H2;2*1H. The molecule has 0 amide bonds. The Morgan fingerprint density at radius 1 is 1.25 bits per heavy atom. The van der Waals surface area contributed by atoms with Crippen molar-refractivity contribution in [1.29, 1.82) is 0 Å². The molecule has 0 aromatic carbocycles. The Bertz CT molecular complexity index is 293. The van der Waals surface area contributed by atoms with Crippen molar-refractivity contribution in [3.05, 3.63) is 22.4 Å². The molecule has 1 N–H and O–H groups in total. The van der Waals surface area contributed by atoms with Gasteiger partial charge in [-0.2, -0.15) is 0 Å². The van der Waals surface area contributed by atoms with E-state index < -0.39 is 0 Å². The third-order valence-corrected chi connectivity index (χ3v) is 4.29. The van der Waals surface area contributed by atoms with E-state index in [0.29, 0.717) is 0 Å². The number of thiophene rings is 1. The van der Waals surface area contributed by atoms with Gasteiger partial charge < -0.3 is 5.32 Å². The first kappa shape index (κ1) is 14.3. The molecular weight excluding hydrogens is 263 g/mol. The van der Waals surface area contributed by atoms with Crippen LogP contribution in [0.5, 0.6) is 0 Å². The Hall–Kier alpha value is 0.200. The quantitative estimate of drug-likeness (QED) is 0.894. The first-order valence-corrected chi connectivity index (χ1v) is 6.25. The minimum atomic E-state index is 0. The summed E-state index contributed by atoms with van der Waals surface area (Å²) >= 11 is 1.88. The highest BCUT2D eigenvalue weighted by atomic mass is 35.5. The molecule has 1 aromatic rings. The largest absolute Gasteiger partial charge is 0.316 e. The molecule has 0 bridgehead atoms. The summed E-state index contributed by atoms with van der Waals surface area (Å²) in [5.74, 6) is 1.85. The van der Waals surface area contributed by atoms with Crippen LogP contribution in [0.15, 0.2) is 17.5 Å². The summed E-state index contributed by atoms with van der Waals surface area (Å²) in [6, 6.07) is 4.40. The molecule has 2 aliphatic rings. The molecule has 2 unspecified atom stereocenters. The molecule has 0 radical (unpaired) electrons. The molecule has 0 aliphatic carbocycles. The van der Waals surface area contributed by atoms with E-state index in [1.165, 1.54) is 37.6 Å². The van der Waals surface area contributed by atoms with Crippen LogP contribution in [0.3, 0.4) is 0 Å². The van der Waals surface area contributed by atoms with Crippen LogP contribution in [0.2, 0.25) is 0 Å². The zero-order chi connectivity index (χ0) is 9.38. The van der Waals surface area contributed by atoms with Crippen molar-refractivity contribution in [3.8, 4) is 0 Å². The molecule has 0 spiro atoms. The maximum Gasteiger partial charge on any atom is 0.0328 e. The van der Waals surface area contributed by atoms with Gasteiger partial charge in [0.25, 0.3) is 0 Å². The molecule has 2 aliphatic heterocycles. The molecule has 16 heavy (non-hydrogen) atoms. The zero-order valence-corrected chi connectivity index (χ0v) is 11.5. The highest BCUT2D eigenvalue weighted by Crippen LogP contribution is 2.27. The lowest BCUT2D eigenvalue weighted by molar-refractivity contribution is 0.308. The molecule has 3 heterocycles. The Morgan fingerprint density at radius 2 is 1.94 bits per heavy atom. The Kier molecular flexibility index (Phi) is 5.54. The van der Waals surface area contributed by atoms with Crippen LogP contribution >= 0.6 is 36.2 Å². The van der Waals surface area contributed by atoms with Crippen molar-refractivity contribution in [1.82, 2.24) is 10.2 Å². The van der Waals surface area contributed by atoms with Gasteiger partial charge in [-0.1, -0.05) is 6.07 Å². The lowest BCUT2D eigenvalue weighted by Crippen LogP contribution is -2.24. The molecule has 2 saturated heterocycles. The summed E-state index contributed by atoms with van der Waals surface area (Å²) in [7, 11) is 0. The fraction of sp³-hybridized carbons (Fsp3) is 0.636. The number of fused-ring (bicyclic) bond motifs is 1. The van der Waals surface area contributed by atoms with E-state index in [9.17, 15) is 0 Å². The van der Waals surface area contributed by atoms with Crippen LogP contribution < -0.4 is 5.32 Å². The van der Waals surface area contributed by atoms with Gasteiger partial charge in [0.1, 0.15) is 0 Å². The number of hydrogen-bond donors (Lipinski definition) is 1. The van der Waals surface area contributed by atoms with Crippen molar-refractivity contribution in [2.45, 2.75) is 6.54 Å². The maximum atomic E-state index is 3.48. The van der Waals surface area contributed by atoms with Crippen LogP contribution in [0.4, 0.5) is 0 Å². The fourth-order valence-corrected chi connectivity index (χ4v) is 3.45. The number of likely N-dealkylation sites (tertiary alicyclic amines) is 1. The van der Waals surface area contributed by atoms with Crippen LogP contribution in [-0.2, 0) is 6.54 Å². The fourth-order valence-electron chi connectivity index (χ4n) is 2.70. The maximum absolute atomic E-state index is 3.48. The van der Waals surface area contributed by atoms with E-state index in [4.69, 9.17) is 0 Å². The predicted molar refractivity (Wildman–Crippen MR) is 73.9 cm³/mol. The van der Waals surface area contributed by atoms with Gasteiger partial charge in [0, 0.05) is 24.5 Å². The zero-order valence-electron chi connectivity index (χ0n) is 9.09. The smallest absolute Gasteiger partial charge is 0.0328 e. The minimum absolute atomic E-state index is 0. The van der Waals surface area contributed by atoms with Gasteiger partial charge in [0.15, 0.2) is 0 Å². The number of rotatable bonds is 2. The third kappa shape index (κ3) is 2.90. The van der Waals surface area contributed by atoms with Gasteiger partial charge in [-0.3, -0.25) is 4.90 Å². The molecule has 3 rings (SSSR count). The van der Waals surface area contributed by atoms with E-state index in [2.05, 4.69) is 27.7 Å². The first-order valence-electron chi connectivity index (χ1n) is 5.37. The second-order valence-corrected chi connectivity index (χ2v) is 5.48. The Morgan fingerprint density at radius 3 is 2.50 bits per heavy atom. The van der Waals surface area contributed by atoms with Crippen LogP contribution in [0.1, 0.15) is 4.88 Å². The molecule has 1 aromatic heterocycles. The number of halogens is 2. The second kappa shape index (κ2) is 6.22. The van der Waals surface area contributed by atoms with E-state index in [1.54, 1.807) is 0 Å². The number of nitrogens with one attached hydrogen (secondary N) is 1. The summed E-state index contributed by atoms with van der Waals surface area (Å²) < 4.78 is 0. The lowest BCUT2D eigenvalue weighted by Gasteiger charge is -2.15. The molecular formula is C11H18Cl2N2S. The predicted octanol–water partition coefficient (Wildman–Crippen LogP) is 2.24. The number of hydrogen-bond acceptors (Lipinski definition) is 3. The van der Waals surface area contributed by atoms with Crippen molar-refractivity contribution in [3.63, 3.8) is 0 Å². The van der Waals surface area contributed by atoms with Gasteiger partial charge in [-0.25, -0.2) is 0 Å². The normalized spacial score (nSPS) is 28.2. The van der Waals surface area contributed by atoms with Crippen LogP contribution in [-0.4, -0.2) is 31.1 Å². The molecule has 5 heteroatoms. The van der Waals surface area contributed by atoms with Gasteiger partial charge in [-0.05, 0) is 36.4 Å². The lowest BCUT2D eigenvalue weighted by atomic mass is 10.0. The van der Waals surface area contributed by atoms with Gasteiger partial charge in [0.05, 0.1) is 0 Å². The van der Waals surface area contributed by atoms with Gasteiger partial charge >= 0.3 is 0 Å². The third-order valence-electron chi connectivity index (χ3n) is 3.42. The second-order valence-electron chi connectivity index (χ2n) is 4.45. The van der Waals surface area contributed by atoms with E-state index in [-0.39, 0.29) is 24.8 Å². The molecule has 2 atom stereocenters. The first-order chi connectivity index (χ1) is 6.92. The van der Waals surface area contributed by atoms with Gasteiger partial charge in [-0.15, -0.1) is 36.2 Å². The summed E-state index contributed by atoms with van der Waals surface area (Å²) in [5, 5.41) is 5.65. The molecule has 2 fully saturated rings. The van der Waals surface area contributed by atoms with E-state index in [1.807, 2.05) is 11.3 Å². The van der Waals surface area contributed by atoms with Crippen molar-refractivity contribution >= 4 is 36.2 Å². The minimum Gasteiger partial charge on any atom is -0.316 e. The highest BCUT2D eigenvalue weighted by molar-refractivity contribution is 7.09. The molecule has 92 valence electrons. The van der Waals surface area contributed by atoms with Crippen LogP contribution in [0, 0.1) is 11.8 Å². The summed E-state index contributed by atoms with van der Waals surface area (Å²) in [6.07, 6.45) is 0. The monoisotopic (exact) mass is 280 g/mol. The Balaban J connectivity index is 0.000000640. The Labute approximate surface area is 113 Å². The van der Waals surface area contributed by atoms with Crippen molar-refractivity contribution in [2.75, 3.05) is 26.2 Å². The average molecular weight is 281 g/mol. The summed E-state index contributed by atoms with van der Waals surface area (Å²) in [4.78, 5) is 4.13. The van der Waals surface area contributed by atoms with E-state index >= 15 is 0 Å². The molecule has 0 saturated carbocycles. The van der Waals surface area contributed by atoms with Crippen molar-refractivity contribution in [2.24, 2.45) is 11.8 Å². The van der Waals surface area contributed by atoms with E-state index in [0.717, 1.165) is 11.8 Å². The summed E-state index contributed by atoms with van der Waals surface area (Å²) in [5.41, 5.74) is 0. The van der Waals surface area contributed by atoms with Crippen molar-refractivity contribution < 1.29 is 0 Å². The summed E-state index contributed by atoms with van der Waals surface area (Å²) in [6.45, 7) is 6.26. The average Bonchev–Trinajstić information content (AvgIpc) is 2.78. The molecule has 2 nitrogen and oxygen atoms in total. The topological polar surface area (TPSA) is 15.3 Å². The number of nitrogens with zero attached hydrogens (tertiary/aromatic N) is 1.